The van der Waals surface area contributed by atoms with Crippen LogP contribution in [0.4, 0.5) is 5.69 Å². The predicted molar refractivity (Wildman–Crippen MR) is 129 cm³/mol. The molecule has 1 aliphatic rings. The lowest BCUT2D eigenvalue weighted by Gasteiger charge is -2.31. The van der Waals surface area contributed by atoms with Gasteiger partial charge in [-0.25, -0.2) is 0 Å². The minimum atomic E-state index is -0.573. The number of nitrogens with one attached hydrogen (secondary N) is 3. The molecule has 33 heavy (non-hydrogen) atoms. The average molecular weight is 474 g/mol. The van der Waals surface area contributed by atoms with E-state index in [1.54, 1.807) is 44.4 Å². The van der Waals surface area contributed by atoms with Crippen LogP contribution in [-0.4, -0.2) is 46.6 Å². The van der Waals surface area contributed by atoms with Crippen molar-refractivity contribution < 1.29 is 28.5 Å². The van der Waals surface area contributed by atoms with Crippen molar-refractivity contribution in [2.75, 3.05) is 40.9 Å². The molecule has 9 nitrogen and oxygen atoms in total. The van der Waals surface area contributed by atoms with E-state index in [2.05, 4.69) is 16.0 Å². The molecule has 0 aromatic heterocycles. The molecule has 3 N–H and O–H groups in total. The van der Waals surface area contributed by atoms with E-state index >= 15 is 0 Å². The van der Waals surface area contributed by atoms with Crippen molar-refractivity contribution in [3.05, 3.63) is 47.2 Å². The number of benzene rings is 2. The van der Waals surface area contributed by atoms with E-state index in [0.29, 0.717) is 56.4 Å². The van der Waals surface area contributed by atoms with E-state index in [1.165, 1.54) is 28.4 Å². The maximum atomic E-state index is 13.5. The number of ether oxygens (including phenoxy) is 5. The Morgan fingerprint density at radius 2 is 1.55 bits per heavy atom. The molecule has 0 saturated carbocycles. The second-order valence-corrected chi connectivity index (χ2v) is 7.46. The molecule has 0 fully saturated rings. The molecular weight excluding hydrogens is 446 g/mol. The van der Waals surface area contributed by atoms with Gasteiger partial charge < -0.3 is 39.6 Å². The Bertz CT molecular complexity index is 1080. The van der Waals surface area contributed by atoms with E-state index in [-0.39, 0.29) is 5.91 Å². The van der Waals surface area contributed by atoms with Crippen molar-refractivity contribution >= 4 is 28.9 Å². The average Bonchev–Trinajstić information content (AvgIpc) is 2.82. The fourth-order valence-electron chi connectivity index (χ4n) is 3.60. The molecule has 10 heteroatoms. The van der Waals surface area contributed by atoms with Crippen LogP contribution in [-0.2, 0) is 4.79 Å². The maximum Gasteiger partial charge on any atom is 0.255 e. The van der Waals surface area contributed by atoms with Crippen LogP contribution in [0.25, 0.3) is 0 Å². The zero-order chi connectivity index (χ0) is 24.1. The second kappa shape index (κ2) is 10.3. The molecule has 0 aliphatic carbocycles. The number of anilines is 1. The van der Waals surface area contributed by atoms with Gasteiger partial charge in [0.25, 0.3) is 5.91 Å². The third-order valence-electron chi connectivity index (χ3n) is 5.19. The van der Waals surface area contributed by atoms with E-state index in [0.717, 1.165) is 0 Å². The minimum absolute atomic E-state index is 0.336. The van der Waals surface area contributed by atoms with Crippen LogP contribution in [0.1, 0.15) is 18.5 Å². The SMILES string of the molecule is COc1ccc(NC(=O)C2=C(C)NC(=S)N[C@@H]2c2cc(OC)c(OC)c(OC)c2)c(OC)c1. The van der Waals surface area contributed by atoms with Gasteiger partial charge in [-0.1, -0.05) is 0 Å². The highest BCUT2D eigenvalue weighted by Gasteiger charge is 2.32. The van der Waals surface area contributed by atoms with Gasteiger partial charge in [0.1, 0.15) is 11.5 Å². The van der Waals surface area contributed by atoms with E-state index < -0.39 is 6.04 Å². The third kappa shape index (κ3) is 4.90. The largest absolute Gasteiger partial charge is 0.497 e. The van der Waals surface area contributed by atoms with Crippen molar-refractivity contribution in [1.82, 2.24) is 10.6 Å². The van der Waals surface area contributed by atoms with Gasteiger partial charge in [0.15, 0.2) is 16.6 Å². The van der Waals surface area contributed by atoms with Gasteiger partial charge in [-0.2, -0.15) is 0 Å². The van der Waals surface area contributed by atoms with Crippen LogP contribution in [0.2, 0.25) is 0 Å². The van der Waals surface area contributed by atoms with Crippen molar-refractivity contribution in [3.63, 3.8) is 0 Å². The highest BCUT2D eigenvalue weighted by Crippen LogP contribution is 2.41. The summed E-state index contributed by atoms with van der Waals surface area (Å²) in [7, 11) is 7.68. The van der Waals surface area contributed by atoms with E-state index in [4.69, 9.17) is 35.9 Å². The summed E-state index contributed by atoms with van der Waals surface area (Å²) < 4.78 is 27.0. The molecule has 0 radical (unpaired) electrons. The summed E-state index contributed by atoms with van der Waals surface area (Å²) in [6.45, 7) is 1.79. The van der Waals surface area contributed by atoms with Gasteiger partial charge >= 0.3 is 0 Å². The predicted octanol–water partition coefficient (Wildman–Crippen LogP) is 3.16. The molecular formula is C23H27N3O6S. The molecule has 1 atom stereocenters. The molecule has 1 aliphatic heterocycles. The van der Waals surface area contributed by atoms with Crippen molar-refractivity contribution in [1.29, 1.82) is 0 Å². The van der Waals surface area contributed by atoms with Crippen LogP contribution >= 0.6 is 12.2 Å². The summed E-state index contributed by atoms with van der Waals surface area (Å²) in [5, 5.41) is 9.50. The monoisotopic (exact) mass is 473 g/mol. The normalized spacial score (nSPS) is 15.2. The molecule has 0 bridgehead atoms. The summed E-state index contributed by atoms with van der Waals surface area (Å²) in [5.41, 5.74) is 2.26. The zero-order valence-corrected chi connectivity index (χ0v) is 20.1. The molecule has 0 saturated heterocycles. The minimum Gasteiger partial charge on any atom is -0.497 e. The quantitative estimate of drug-likeness (QED) is 0.499. The second-order valence-electron chi connectivity index (χ2n) is 7.05. The number of methoxy groups -OCH3 is 5. The first kappa shape index (κ1) is 24.0. The molecule has 1 amide bonds. The van der Waals surface area contributed by atoms with Crippen LogP contribution in [0, 0.1) is 0 Å². The topological polar surface area (TPSA) is 99.3 Å². The van der Waals surface area contributed by atoms with E-state index in [9.17, 15) is 4.79 Å². The number of carbonyl (C=O) groups is 1. The Hall–Kier alpha value is -3.66. The van der Waals surface area contributed by atoms with Crippen LogP contribution in [0.5, 0.6) is 28.7 Å². The van der Waals surface area contributed by atoms with Crippen molar-refractivity contribution in [2.24, 2.45) is 0 Å². The van der Waals surface area contributed by atoms with Gasteiger partial charge in [-0.05, 0) is 49.0 Å². The smallest absolute Gasteiger partial charge is 0.255 e. The summed E-state index contributed by atoms with van der Waals surface area (Å²) in [6.07, 6.45) is 0. The van der Waals surface area contributed by atoms with Gasteiger partial charge in [-0.3, -0.25) is 4.79 Å². The summed E-state index contributed by atoms with van der Waals surface area (Å²) in [5.74, 6) is 2.13. The number of hydrogen-bond acceptors (Lipinski definition) is 7. The lowest BCUT2D eigenvalue weighted by Crippen LogP contribution is -2.45. The fourth-order valence-corrected chi connectivity index (χ4v) is 3.88. The summed E-state index contributed by atoms with van der Waals surface area (Å²) in [6, 6.07) is 8.14. The number of allylic oxidation sites excluding steroid dienone is 1. The first-order valence-electron chi connectivity index (χ1n) is 9.98. The maximum absolute atomic E-state index is 13.5. The van der Waals surface area contributed by atoms with Crippen molar-refractivity contribution in [2.45, 2.75) is 13.0 Å². The number of amides is 1. The van der Waals surface area contributed by atoms with Crippen LogP contribution in [0.3, 0.4) is 0 Å². The highest BCUT2D eigenvalue weighted by molar-refractivity contribution is 7.80. The zero-order valence-electron chi connectivity index (χ0n) is 19.3. The fraction of sp³-hybridized carbons (Fsp3) is 0.304. The lowest BCUT2D eigenvalue weighted by molar-refractivity contribution is -0.113. The molecule has 176 valence electrons. The Morgan fingerprint density at radius 1 is 0.909 bits per heavy atom. The lowest BCUT2D eigenvalue weighted by atomic mass is 9.94. The first-order valence-corrected chi connectivity index (χ1v) is 10.4. The highest BCUT2D eigenvalue weighted by atomic mass is 32.1. The molecule has 1 heterocycles. The van der Waals surface area contributed by atoms with Gasteiger partial charge in [-0.15, -0.1) is 0 Å². The number of carbonyl (C=O) groups excluding carboxylic acids is 1. The Morgan fingerprint density at radius 3 is 2.09 bits per heavy atom. The van der Waals surface area contributed by atoms with Gasteiger partial charge in [0, 0.05) is 11.8 Å². The van der Waals surface area contributed by atoms with Crippen LogP contribution in [0.15, 0.2) is 41.6 Å². The first-order chi connectivity index (χ1) is 15.9. The number of hydrogen-bond donors (Lipinski definition) is 3. The summed E-state index contributed by atoms with van der Waals surface area (Å²) >= 11 is 5.36. The van der Waals surface area contributed by atoms with E-state index in [1.807, 2.05) is 0 Å². The Kier molecular flexibility index (Phi) is 7.49. The standard InChI is InChI=1S/C23H27N3O6S/c1-12-19(22(27)25-15-8-7-14(28-2)11-16(15)29-3)20(26-23(33)24-12)13-9-17(30-4)21(32-6)18(10-13)31-5/h7-11,20H,1-6H3,(H,25,27)(H2,24,26,33)/t20-/m1/s1. The van der Waals surface area contributed by atoms with Crippen molar-refractivity contribution in [3.8, 4) is 28.7 Å². The molecule has 0 unspecified atom stereocenters. The third-order valence-corrected chi connectivity index (χ3v) is 5.41. The Balaban J connectivity index is 2.04. The van der Waals surface area contributed by atoms with Crippen LogP contribution < -0.4 is 39.6 Å². The molecule has 3 rings (SSSR count). The molecule has 2 aromatic carbocycles. The number of thiocarbonyl (C=S) groups is 1. The van der Waals surface area contributed by atoms with Gasteiger partial charge in [0.05, 0.1) is 52.9 Å². The molecule has 2 aromatic rings. The number of rotatable bonds is 8. The van der Waals surface area contributed by atoms with Gasteiger partial charge in [0.2, 0.25) is 5.75 Å². The molecule has 0 spiro atoms. The summed E-state index contributed by atoms with van der Waals surface area (Å²) in [4.78, 5) is 13.5. The Labute approximate surface area is 198 Å².